The van der Waals surface area contributed by atoms with Crippen LogP contribution in [0.1, 0.15) is 18.4 Å². The molecule has 1 aliphatic heterocycles. The fourth-order valence-corrected chi connectivity index (χ4v) is 1.95. The average Bonchev–Trinajstić information content (AvgIpc) is 2.57. The summed E-state index contributed by atoms with van der Waals surface area (Å²) in [4.78, 5) is 2.25. The Morgan fingerprint density at radius 1 is 1.43 bits per heavy atom. The molecule has 1 nitrogen and oxygen atoms in total. The Labute approximate surface area is 84.5 Å². The van der Waals surface area contributed by atoms with Gasteiger partial charge in [-0.2, -0.15) is 0 Å². The summed E-state index contributed by atoms with van der Waals surface area (Å²) in [6.07, 6.45) is 3.07. The van der Waals surface area contributed by atoms with Crippen LogP contribution in [0.3, 0.4) is 0 Å². The molecule has 14 heavy (non-hydrogen) atoms. The van der Waals surface area contributed by atoms with E-state index in [4.69, 9.17) is 0 Å². The molecule has 0 spiro atoms. The van der Waals surface area contributed by atoms with Crippen molar-refractivity contribution >= 4 is 5.69 Å². The molecular formula is C12H15FN. The van der Waals surface area contributed by atoms with E-state index in [-0.39, 0.29) is 5.82 Å². The lowest BCUT2D eigenvalue weighted by Gasteiger charge is -2.18. The standard InChI is InChI=1S/C12H15FN/c1-2-3-7-14-8-6-10-4-5-11(13)9-12(10)14/h4-5,9H,1-3,6-8H2. The summed E-state index contributed by atoms with van der Waals surface area (Å²) in [6, 6.07) is 5.09. The minimum atomic E-state index is -0.134. The molecule has 0 bridgehead atoms. The molecule has 2 rings (SSSR count). The number of fused-ring (bicyclic) bond motifs is 1. The predicted octanol–water partition coefficient (Wildman–Crippen LogP) is 2.80. The number of benzene rings is 1. The molecule has 0 saturated heterocycles. The second-order valence-corrected chi connectivity index (χ2v) is 3.72. The third-order valence-corrected chi connectivity index (χ3v) is 2.72. The van der Waals surface area contributed by atoms with Gasteiger partial charge >= 0.3 is 0 Å². The van der Waals surface area contributed by atoms with E-state index >= 15 is 0 Å². The van der Waals surface area contributed by atoms with Crippen LogP contribution < -0.4 is 4.90 Å². The summed E-state index contributed by atoms with van der Waals surface area (Å²) >= 11 is 0. The van der Waals surface area contributed by atoms with Crippen LogP contribution in [-0.2, 0) is 6.42 Å². The van der Waals surface area contributed by atoms with Crippen molar-refractivity contribution in [3.63, 3.8) is 0 Å². The van der Waals surface area contributed by atoms with Gasteiger partial charge in [-0.15, -0.1) is 0 Å². The minimum absolute atomic E-state index is 0.134. The molecule has 0 atom stereocenters. The van der Waals surface area contributed by atoms with Crippen LogP contribution in [0, 0.1) is 12.7 Å². The lowest BCUT2D eigenvalue weighted by molar-refractivity contribution is 0.627. The fraction of sp³-hybridized carbons (Fsp3) is 0.417. The zero-order valence-corrected chi connectivity index (χ0v) is 8.30. The normalized spacial score (nSPS) is 14.6. The van der Waals surface area contributed by atoms with Gasteiger partial charge < -0.3 is 4.90 Å². The molecule has 2 heteroatoms. The van der Waals surface area contributed by atoms with E-state index in [1.807, 2.05) is 6.07 Å². The largest absolute Gasteiger partial charge is 0.371 e. The van der Waals surface area contributed by atoms with Gasteiger partial charge in [0.05, 0.1) is 0 Å². The Kier molecular flexibility index (Phi) is 2.71. The highest BCUT2D eigenvalue weighted by molar-refractivity contribution is 5.57. The number of halogens is 1. The molecular weight excluding hydrogens is 177 g/mol. The van der Waals surface area contributed by atoms with E-state index < -0.39 is 0 Å². The van der Waals surface area contributed by atoms with Crippen LogP contribution in [0.15, 0.2) is 18.2 Å². The van der Waals surface area contributed by atoms with Crippen LogP contribution in [0.5, 0.6) is 0 Å². The van der Waals surface area contributed by atoms with Crippen LogP contribution in [0.2, 0.25) is 0 Å². The van der Waals surface area contributed by atoms with Crippen LogP contribution in [0.25, 0.3) is 0 Å². The summed E-state index contributed by atoms with van der Waals surface area (Å²) in [7, 11) is 0. The topological polar surface area (TPSA) is 3.24 Å². The zero-order chi connectivity index (χ0) is 9.97. The second kappa shape index (κ2) is 3.99. The molecule has 0 aromatic heterocycles. The summed E-state index contributed by atoms with van der Waals surface area (Å²) in [5, 5.41) is 0. The molecule has 0 aliphatic carbocycles. The monoisotopic (exact) mass is 192 g/mol. The van der Waals surface area contributed by atoms with Crippen molar-refractivity contribution in [2.24, 2.45) is 0 Å². The first-order chi connectivity index (χ1) is 6.81. The smallest absolute Gasteiger partial charge is 0.125 e. The molecule has 0 fully saturated rings. The van der Waals surface area contributed by atoms with Gasteiger partial charge in [-0.25, -0.2) is 4.39 Å². The van der Waals surface area contributed by atoms with Crippen molar-refractivity contribution in [1.82, 2.24) is 0 Å². The first-order valence-corrected chi connectivity index (χ1v) is 5.14. The fourth-order valence-electron chi connectivity index (χ4n) is 1.95. The van der Waals surface area contributed by atoms with Crippen LogP contribution in [0.4, 0.5) is 10.1 Å². The Morgan fingerprint density at radius 2 is 2.29 bits per heavy atom. The highest BCUT2D eigenvalue weighted by Crippen LogP contribution is 2.28. The summed E-state index contributed by atoms with van der Waals surface area (Å²) in [6.45, 7) is 5.85. The van der Waals surface area contributed by atoms with Gasteiger partial charge in [0.15, 0.2) is 0 Å². The Hall–Kier alpha value is -1.05. The second-order valence-electron chi connectivity index (χ2n) is 3.72. The first-order valence-electron chi connectivity index (χ1n) is 5.14. The molecule has 75 valence electrons. The molecule has 0 N–H and O–H groups in total. The Morgan fingerprint density at radius 3 is 3.07 bits per heavy atom. The zero-order valence-electron chi connectivity index (χ0n) is 8.30. The summed E-state index contributed by atoms with van der Waals surface area (Å²) < 4.78 is 13.0. The van der Waals surface area contributed by atoms with Gasteiger partial charge in [0, 0.05) is 18.8 Å². The van der Waals surface area contributed by atoms with Crippen LogP contribution >= 0.6 is 0 Å². The van der Waals surface area contributed by atoms with Crippen molar-refractivity contribution in [1.29, 1.82) is 0 Å². The first kappa shape index (κ1) is 9.50. The van der Waals surface area contributed by atoms with E-state index in [0.29, 0.717) is 0 Å². The highest BCUT2D eigenvalue weighted by Gasteiger charge is 2.18. The van der Waals surface area contributed by atoms with Gasteiger partial charge in [0.2, 0.25) is 0 Å². The molecule has 0 unspecified atom stereocenters. The third-order valence-electron chi connectivity index (χ3n) is 2.72. The van der Waals surface area contributed by atoms with E-state index in [1.165, 1.54) is 5.56 Å². The molecule has 1 aromatic carbocycles. The molecule has 1 heterocycles. The SMILES string of the molecule is [CH2]CCCN1CCc2ccc(F)cc21. The van der Waals surface area contributed by atoms with Gasteiger partial charge in [-0.3, -0.25) is 0 Å². The van der Waals surface area contributed by atoms with Gasteiger partial charge in [-0.1, -0.05) is 19.4 Å². The molecule has 1 radical (unpaired) electrons. The molecule has 1 aliphatic rings. The minimum Gasteiger partial charge on any atom is -0.371 e. The van der Waals surface area contributed by atoms with Gasteiger partial charge in [-0.05, 0) is 30.5 Å². The molecule has 0 saturated carbocycles. The van der Waals surface area contributed by atoms with Gasteiger partial charge in [0.25, 0.3) is 0 Å². The number of hydrogen-bond donors (Lipinski definition) is 0. The maximum atomic E-state index is 13.0. The number of nitrogens with zero attached hydrogens (tertiary/aromatic N) is 1. The average molecular weight is 192 g/mol. The third kappa shape index (κ3) is 1.74. The van der Waals surface area contributed by atoms with E-state index in [0.717, 1.165) is 38.0 Å². The number of unbranched alkanes of at least 4 members (excludes halogenated alkanes) is 1. The van der Waals surface area contributed by atoms with Crippen molar-refractivity contribution in [2.75, 3.05) is 18.0 Å². The maximum absolute atomic E-state index is 13.0. The number of rotatable bonds is 3. The van der Waals surface area contributed by atoms with Crippen molar-refractivity contribution in [3.05, 3.63) is 36.5 Å². The number of anilines is 1. The van der Waals surface area contributed by atoms with Crippen molar-refractivity contribution in [2.45, 2.75) is 19.3 Å². The lowest BCUT2D eigenvalue weighted by atomic mass is 10.2. The summed E-state index contributed by atoms with van der Waals surface area (Å²) in [5.41, 5.74) is 2.36. The summed E-state index contributed by atoms with van der Waals surface area (Å²) in [5.74, 6) is -0.134. The van der Waals surface area contributed by atoms with E-state index in [2.05, 4.69) is 11.8 Å². The lowest BCUT2D eigenvalue weighted by Crippen LogP contribution is -2.21. The Balaban J connectivity index is 2.16. The molecule has 0 amide bonds. The quantitative estimate of drug-likeness (QED) is 0.711. The maximum Gasteiger partial charge on any atom is 0.125 e. The van der Waals surface area contributed by atoms with E-state index in [9.17, 15) is 4.39 Å². The number of hydrogen-bond acceptors (Lipinski definition) is 1. The predicted molar refractivity (Wildman–Crippen MR) is 56.9 cm³/mol. The van der Waals surface area contributed by atoms with Crippen molar-refractivity contribution in [3.8, 4) is 0 Å². The highest BCUT2D eigenvalue weighted by atomic mass is 19.1. The van der Waals surface area contributed by atoms with E-state index in [1.54, 1.807) is 12.1 Å². The van der Waals surface area contributed by atoms with Crippen LogP contribution in [-0.4, -0.2) is 13.1 Å². The van der Waals surface area contributed by atoms with Gasteiger partial charge in [0.1, 0.15) is 5.82 Å². The van der Waals surface area contributed by atoms with Crippen molar-refractivity contribution < 1.29 is 4.39 Å². The Bertz CT molecular complexity index is 322. The molecule has 1 aromatic rings.